The van der Waals surface area contributed by atoms with Gasteiger partial charge in [-0.2, -0.15) is 13.2 Å². The Kier molecular flexibility index (Phi) is 7.58. The lowest BCUT2D eigenvalue weighted by Gasteiger charge is -2.42. The third-order valence-corrected chi connectivity index (χ3v) is 5.73. The normalized spacial score (nSPS) is 27.4. The predicted octanol–water partition coefficient (Wildman–Crippen LogP) is 2.77. The monoisotopic (exact) mass is 378 g/mol. The van der Waals surface area contributed by atoms with E-state index in [0.29, 0.717) is 38.7 Å². The Bertz CT molecular complexity index is 462. The smallest absolute Gasteiger partial charge is 0.381 e. The zero-order valence-electron chi connectivity index (χ0n) is 16.2. The van der Waals surface area contributed by atoms with Crippen LogP contribution in [0.1, 0.15) is 45.4 Å². The van der Waals surface area contributed by atoms with Crippen molar-refractivity contribution in [3.05, 3.63) is 0 Å². The van der Waals surface area contributed by atoms with Gasteiger partial charge >= 0.3 is 6.18 Å². The fourth-order valence-corrected chi connectivity index (χ4v) is 3.86. The lowest BCUT2D eigenvalue weighted by molar-refractivity contribution is -0.183. The molecule has 1 saturated heterocycles. The van der Waals surface area contributed by atoms with Crippen molar-refractivity contribution in [3.63, 3.8) is 0 Å². The first-order valence-electron chi connectivity index (χ1n) is 9.63. The first kappa shape index (κ1) is 21.3. The fraction of sp³-hybridized carbons (Fsp3) is 0.944. The quantitative estimate of drug-likeness (QED) is 0.571. The van der Waals surface area contributed by atoms with Crippen LogP contribution in [-0.2, 0) is 4.74 Å². The molecule has 1 heterocycles. The first-order valence-corrected chi connectivity index (χ1v) is 9.63. The summed E-state index contributed by atoms with van der Waals surface area (Å²) in [6.45, 7) is 4.68. The van der Waals surface area contributed by atoms with Gasteiger partial charge in [-0.05, 0) is 53.1 Å². The highest BCUT2D eigenvalue weighted by atomic mass is 19.4. The Labute approximate surface area is 154 Å². The molecule has 0 aromatic carbocycles. The molecule has 0 aromatic rings. The molecule has 1 aliphatic heterocycles. The lowest BCUT2D eigenvalue weighted by atomic mass is 9.85. The van der Waals surface area contributed by atoms with E-state index in [-0.39, 0.29) is 24.4 Å². The van der Waals surface area contributed by atoms with Crippen molar-refractivity contribution in [1.29, 1.82) is 0 Å². The molecule has 2 aliphatic rings. The maximum atomic E-state index is 13.0. The maximum Gasteiger partial charge on any atom is 0.391 e. The zero-order valence-corrected chi connectivity index (χ0v) is 16.2. The number of rotatable bonds is 5. The van der Waals surface area contributed by atoms with Gasteiger partial charge in [0.2, 0.25) is 0 Å². The van der Waals surface area contributed by atoms with Crippen molar-refractivity contribution in [2.24, 2.45) is 10.9 Å². The van der Waals surface area contributed by atoms with Gasteiger partial charge in [0.1, 0.15) is 0 Å². The summed E-state index contributed by atoms with van der Waals surface area (Å²) in [5, 5.41) is 6.43. The van der Waals surface area contributed by atoms with E-state index in [2.05, 4.69) is 29.6 Å². The standard InChI is InChI=1S/C18H33F3N4O/c1-4-22-16(23-13-17(25(2)3)8-10-26-11-9-17)24-15-7-5-6-14(12-15)18(19,20)21/h14-15H,4-13H2,1-3H3,(H2,22,23,24). The van der Waals surface area contributed by atoms with E-state index in [4.69, 9.17) is 9.73 Å². The fourth-order valence-electron chi connectivity index (χ4n) is 3.86. The van der Waals surface area contributed by atoms with Crippen LogP contribution >= 0.6 is 0 Å². The van der Waals surface area contributed by atoms with Gasteiger partial charge in [0.25, 0.3) is 0 Å². The topological polar surface area (TPSA) is 48.9 Å². The number of hydrogen-bond donors (Lipinski definition) is 2. The van der Waals surface area contributed by atoms with Gasteiger partial charge < -0.3 is 20.3 Å². The highest BCUT2D eigenvalue weighted by Crippen LogP contribution is 2.37. The van der Waals surface area contributed by atoms with Gasteiger partial charge in [-0.25, -0.2) is 0 Å². The summed E-state index contributed by atoms with van der Waals surface area (Å²) in [6, 6.07) is -0.182. The number of ether oxygens (including phenoxy) is 1. The minimum Gasteiger partial charge on any atom is -0.381 e. The Morgan fingerprint density at radius 3 is 2.50 bits per heavy atom. The van der Waals surface area contributed by atoms with Crippen molar-refractivity contribution in [2.45, 2.75) is 63.2 Å². The molecule has 1 saturated carbocycles. The van der Waals surface area contributed by atoms with Crippen LogP contribution < -0.4 is 10.6 Å². The largest absolute Gasteiger partial charge is 0.391 e. The number of aliphatic imine (C=N–C) groups is 1. The molecule has 0 radical (unpaired) electrons. The van der Waals surface area contributed by atoms with Crippen LogP contribution in [0, 0.1) is 5.92 Å². The second kappa shape index (κ2) is 9.26. The molecule has 0 bridgehead atoms. The third kappa shape index (κ3) is 5.74. The highest BCUT2D eigenvalue weighted by molar-refractivity contribution is 5.80. The molecule has 0 spiro atoms. The van der Waals surface area contributed by atoms with Gasteiger partial charge in [0.15, 0.2) is 5.96 Å². The van der Waals surface area contributed by atoms with Crippen LogP contribution in [0.3, 0.4) is 0 Å². The van der Waals surface area contributed by atoms with Crippen LogP contribution in [0.15, 0.2) is 4.99 Å². The molecule has 1 aliphatic carbocycles. The Morgan fingerprint density at radius 2 is 1.92 bits per heavy atom. The molecule has 8 heteroatoms. The molecule has 2 fully saturated rings. The maximum absolute atomic E-state index is 13.0. The van der Waals surface area contributed by atoms with E-state index >= 15 is 0 Å². The van der Waals surface area contributed by atoms with Gasteiger partial charge in [0.05, 0.1) is 12.5 Å². The molecule has 2 N–H and O–H groups in total. The van der Waals surface area contributed by atoms with Crippen LogP contribution in [0.25, 0.3) is 0 Å². The van der Waals surface area contributed by atoms with E-state index in [1.165, 1.54) is 0 Å². The molecule has 5 nitrogen and oxygen atoms in total. The second-order valence-electron chi connectivity index (χ2n) is 7.67. The summed E-state index contributed by atoms with van der Waals surface area (Å²) in [4.78, 5) is 6.93. The van der Waals surface area contributed by atoms with Crippen molar-refractivity contribution in [1.82, 2.24) is 15.5 Å². The van der Waals surface area contributed by atoms with Gasteiger partial charge in [-0.1, -0.05) is 6.42 Å². The Hall–Kier alpha value is -1.02. The zero-order chi connectivity index (χ0) is 19.2. The summed E-state index contributed by atoms with van der Waals surface area (Å²) in [7, 11) is 4.10. The average molecular weight is 378 g/mol. The number of hydrogen-bond acceptors (Lipinski definition) is 3. The predicted molar refractivity (Wildman–Crippen MR) is 97.4 cm³/mol. The van der Waals surface area contributed by atoms with E-state index < -0.39 is 12.1 Å². The minimum absolute atomic E-state index is 0.0539. The molecule has 0 amide bonds. The third-order valence-electron chi connectivity index (χ3n) is 5.73. The summed E-state index contributed by atoms with van der Waals surface area (Å²) < 4.78 is 44.6. The molecule has 26 heavy (non-hydrogen) atoms. The van der Waals surface area contributed by atoms with Gasteiger partial charge in [-0.3, -0.25) is 4.99 Å². The molecule has 2 rings (SSSR count). The minimum atomic E-state index is -4.10. The number of nitrogens with zero attached hydrogens (tertiary/aromatic N) is 2. The number of guanidine groups is 1. The second-order valence-corrected chi connectivity index (χ2v) is 7.67. The van der Waals surface area contributed by atoms with Crippen molar-refractivity contribution in [3.8, 4) is 0 Å². The average Bonchev–Trinajstić information content (AvgIpc) is 2.60. The van der Waals surface area contributed by atoms with Gasteiger partial charge in [0, 0.05) is 31.3 Å². The Morgan fingerprint density at radius 1 is 1.23 bits per heavy atom. The van der Waals surface area contributed by atoms with E-state index in [0.717, 1.165) is 19.3 Å². The first-order chi connectivity index (χ1) is 12.3. The summed E-state index contributed by atoms with van der Waals surface area (Å²) in [6.07, 6.45) is -0.582. The van der Waals surface area contributed by atoms with Crippen LogP contribution in [0.4, 0.5) is 13.2 Å². The summed E-state index contributed by atoms with van der Waals surface area (Å²) in [5.41, 5.74) is -0.0539. The highest BCUT2D eigenvalue weighted by Gasteiger charge is 2.42. The summed E-state index contributed by atoms with van der Waals surface area (Å²) in [5.74, 6) is -0.590. The SMILES string of the molecule is CCNC(=NCC1(N(C)C)CCOCC1)NC1CCCC(C(F)(F)F)C1. The van der Waals surface area contributed by atoms with E-state index in [1.54, 1.807) is 0 Å². The Balaban J connectivity index is 2.01. The van der Waals surface area contributed by atoms with Crippen LogP contribution in [0.5, 0.6) is 0 Å². The number of alkyl halides is 3. The molecule has 0 aromatic heterocycles. The molecule has 2 unspecified atom stereocenters. The number of likely N-dealkylation sites (N-methyl/N-ethyl adjacent to an activating group) is 1. The van der Waals surface area contributed by atoms with Crippen molar-refractivity contribution >= 4 is 5.96 Å². The van der Waals surface area contributed by atoms with E-state index in [9.17, 15) is 13.2 Å². The molecular formula is C18H33F3N4O. The molecule has 152 valence electrons. The van der Waals surface area contributed by atoms with Crippen LogP contribution in [0.2, 0.25) is 0 Å². The molecular weight excluding hydrogens is 345 g/mol. The lowest BCUT2D eigenvalue weighted by Crippen LogP contribution is -2.52. The van der Waals surface area contributed by atoms with Crippen LogP contribution in [-0.4, -0.2) is 69.0 Å². The molecule has 2 atom stereocenters. The van der Waals surface area contributed by atoms with Crippen molar-refractivity contribution in [2.75, 3.05) is 40.4 Å². The van der Waals surface area contributed by atoms with E-state index in [1.807, 2.05) is 6.92 Å². The van der Waals surface area contributed by atoms with Gasteiger partial charge in [-0.15, -0.1) is 0 Å². The summed E-state index contributed by atoms with van der Waals surface area (Å²) >= 11 is 0. The number of nitrogens with one attached hydrogen (secondary N) is 2. The number of halogens is 3. The van der Waals surface area contributed by atoms with Crippen molar-refractivity contribution < 1.29 is 17.9 Å².